The van der Waals surface area contributed by atoms with E-state index in [1.165, 1.54) is 81.8 Å². The maximum Gasteiger partial charge on any atom is 0.157 e. The Hall–Kier alpha value is -1.31. The van der Waals surface area contributed by atoms with Crippen molar-refractivity contribution in [2.45, 2.75) is 90.4 Å². The molecule has 0 amide bonds. The number of rotatable bonds is 13. The minimum atomic E-state index is 0.166. The molecule has 1 atom stereocenters. The summed E-state index contributed by atoms with van der Waals surface area (Å²) < 4.78 is 5.63. The maximum atomic E-state index is 10.6. The van der Waals surface area contributed by atoms with Gasteiger partial charge in [0.15, 0.2) is 6.29 Å². The maximum absolute atomic E-state index is 10.6. The van der Waals surface area contributed by atoms with E-state index in [2.05, 4.69) is 19.1 Å². The van der Waals surface area contributed by atoms with E-state index in [9.17, 15) is 4.79 Å². The highest BCUT2D eigenvalue weighted by Crippen LogP contribution is 2.34. The first-order valence-corrected chi connectivity index (χ1v) is 10.5. The summed E-state index contributed by atoms with van der Waals surface area (Å²) in [6.07, 6.45) is 18.4. The van der Waals surface area contributed by atoms with Crippen LogP contribution < -0.4 is 4.74 Å². The van der Waals surface area contributed by atoms with Crippen LogP contribution >= 0.6 is 0 Å². The van der Waals surface area contributed by atoms with Crippen molar-refractivity contribution >= 4 is 6.29 Å². The Kier molecular flexibility index (Phi) is 9.69. The predicted molar refractivity (Wildman–Crippen MR) is 105 cm³/mol. The fraction of sp³-hybridized carbons (Fsp3) is 0.696. The second-order valence-corrected chi connectivity index (χ2v) is 7.60. The molecule has 0 spiro atoms. The van der Waals surface area contributed by atoms with Crippen LogP contribution in [0.4, 0.5) is 0 Å². The number of aldehydes is 1. The van der Waals surface area contributed by atoms with Crippen LogP contribution in [0.2, 0.25) is 0 Å². The summed E-state index contributed by atoms with van der Waals surface area (Å²) in [6, 6.07) is 6.29. The van der Waals surface area contributed by atoms with Crippen LogP contribution in [0.3, 0.4) is 0 Å². The minimum absolute atomic E-state index is 0.166. The Morgan fingerprint density at radius 1 is 1.04 bits per heavy atom. The van der Waals surface area contributed by atoms with Crippen molar-refractivity contribution in [3.05, 3.63) is 29.3 Å². The first kappa shape index (κ1) is 20.0. The number of benzene rings is 1. The van der Waals surface area contributed by atoms with E-state index in [1.807, 2.05) is 6.07 Å². The first-order valence-electron chi connectivity index (χ1n) is 10.5. The molecule has 1 aliphatic carbocycles. The lowest BCUT2D eigenvalue weighted by molar-refractivity contribution is -0.109. The van der Waals surface area contributed by atoms with Crippen molar-refractivity contribution < 1.29 is 9.53 Å². The third-order valence-corrected chi connectivity index (χ3v) is 5.57. The molecule has 2 rings (SSSR count). The van der Waals surface area contributed by atoms with Gasteiger partial charge in [0.05, 0.1) is 0 Å². The highest BCUT2D eigenvalue weighted by atomic mass is 16.5. The van der Waals surface area contributed by atoms with Crippen molar-refractivity contribution in [2.24, 2.45) is 5.92 Å². The van der Waals surface area contributed by atoms with Crippen LogP contribution in [0.5, 0.6) is 5.75 Å². The molecule has 0 fully saturated rings. The summed E-state index contributed by atoms with van der Waals surface area (Å²) in [6.45, 7) is 2.44. The molecule has 0 aromatic heterocycles. The molecule has 1 aliphatic rings. The molecular weight excluding hydrogens is 308 g/mol. The van der Waals surface area contributed by atoms with Gasteiger partial charge in [0.2, 0.25) is 0 Å². The number of carbonyl (C=O) groups excluding carboxylic acids is 1. The first-order chi connectivity index (χ1) is 12.3. The molecule has 2 nitrogen and oxygen atoms in total. The van der Waals surface area contributed by atoms with Gasteiger partial charge in [-0.1, -0.05) is 83.3 Å². The van der Waals surface area contributed by atoms with E-state index >= 15 is 0 Å². The van der Waals surface area contributed by atoms with Crippen LogP contribution in [-0.4, -0.2) is 12.9 Å². The topological polar surface area (TPSA) is 26.3 Å². The van der Waals surface area contributed by atoms with Gasteiger partial charge in [0, 0.05) is 0 Å². The fourth-order valence-corrected chi connectivity index (χ4v) is 4.08. The lowest BCUT2D eigenvalue weighted by Gasteiger charge is -2.26. The Labute approximate surface area is 154 Å². The zero-order chi connectivity index (χ0) is 17.7. The lowest BCUT2D eigenvalue weighted by Crippen LogP contribution is -2.16. The molecule has 2 heteroatoms. The number of aryl methyl sites for hydroxylation is 1. The van der Waals surface area contributed by atoms with Crippen molar-refractivity contribution in [3.63, 3.8) is 0 Å². The van der Waals surface area contributed by atoms with Gasteiger partial charge in [0.25, 0.3) is 0 Å². The van der Waals surface area contributed by atoms with E-state index in [1.54, 1.807) is 0 Å². The van der Waals surface area contributed by atoms with Gasteiger partial charge in [-0.25, -0.2) is 0 Å². The average molecular weight is 345 g/mol. The molecule has 0 saturated carbocycles. The van der Waals surface area contributed by atoms with Crippen LogP contribution in [0.15, 0.2) is 18.2 Å². The highest BCUT2D eigenvalue weighted by molar-refractivity contribution is 5.52. The smallest absolute Gasteiger partial charge is 0.157 e. The third-order valence-electron chi connectivity index (χ3n) is 5.57. The molecule has 0 radical (unpaired) electrons. The average Bonchev–Trinajstić information content (AvgIpc) is 2.65. The molecule has 1 aromatic rings. The van der Waals surface area contributed by atoms with Crippen molar-refractivity contribution in [1.29, 1.82) is 0 Å². The number of unbranched alkanes of at least 4 members (excludes halogenated alkanes) is 8. The molecule has 0 bridgehead atoms. The van der Waals surface area contributed by atoms with E-state index in [4.69, 9.17) is 4.74 Å². The summed E-state index contributed by atoms with van der Waals surface area (Å²) in [5.41, 5.74) is 2.78. The molecule has 0 unspecified atom stereocenters. The van der Waals surface area contributed by atoms with Gasteiger partial charge < -0.3 is 4.74 Å². The Bertz CT molecular complexity index is 495. The van der Waals surface area contributed by atoms with Crippen molar-refractivity contribution in [3.8, 4) is 5.75 Å². The van der Waals surface area contributed by atoms with Crippen LogP contribution in [0, 0.1) is 5.92 Å². The van der Waals surface area contributed by atoms with E-state index < -0.39 is 0 Å². The van der Waals surface area contributed by atoms with E-state index in [0.29, 0.717) is 0 Å². The van der Waals surface area contributed by atoms with Crippen molar-refractivity contribution in [2.75, 3.05) is 6.61 Å². The molecule has 1 aromatic carbocycles. The summed E-state index contributed by atoms with van der Waals surface area (Å²) in [5, 5.41) is 0. The lowest BCUT2D eigenvalue weighted by atomic mass is 9.81. The minimum Gasteiger partial charge on any atom is -0.486 e. The number of ether oxygens (including phenoxy) is 1. The zero-order valence-corrected chi connectivity index (χ0v) is 16.1. The second-order valence-electron chi connectivity index (χ2n) is 7.60. The predicted octanol–water partition coefficient (Wildman–Crippen LogP) is 6.29. The molecule has 25 heavy (non-hydrogen) atoms. The standard InChI is InChI=1S/C23H36O2/c1-2-3-4-5-6-7-8-9-10-12-20-15-16-21-13-11-14-23(22(21)19-20)25-18-17-24/h11,13-14,17,20H,2-10,12,15-16,18-19H2,1H3/t20-/m0/s1. The van der Waals surface area contributed by atoms with Crippen LogP contribution in [0.25, 0.3) is 0 Å². The quantitative estimate of drug-likeness (QED) is 0.310. The van der Waals surface area contributed by atoms with Gasteiger partial charge in [-0.05, 0) is 42.4 Å². The van der Waals surface area contributed by atoms with Gasteiger partial charge >= 0.3 is 0 Å². The summed E-state index contributed by atoms with van der Waals surface area (Å²) in [4.78, 5) is 10.6. The number of fused-ring (bicyclic) bond motifs is 1. The Balaban J connectivity index is 1.64. The summed E-state index contributed by atoms with van der Waals surface area (Å²) in [5.74, 6) is 1.72. The SMILES string of the molecule is CCCCCCCCCCC[C@H]1CCc2cccc(OCC=O)c2C1. The monoisotopic (exact) mass is 344 g/mol. The molecular formula is C23H36O2. The van der Waals surface area contributed by atoms with E-state index in [-0.39, 0.29) is 6.61 Å². The largest absolute Gasteiger partial charge is 0.486 e. The Morgan fingerprint density at radius 2 is 1.76 bits per heavy atom. The van der Waals surface area contributed by atoms with Crippen molar-refractivity contribution in [1.82, 2.24) is 0 Å². The zero-order valence-electron chi connectivity index (χ0n) is 16.1. The molecule has 140 valence electrons. The highest BCUT2D eigenvalue weighted by Gasteiger charge is 2.21. The normalized spacial score (nSPS) is 16.4. The number of carbonyl (C=O) groups is 1. The van der Waals surface area contributed by atoms with Gasteiger partial charge in [-0.15, -0.1) is 0 Å². The van der Waals surface area contributed by atoms with Crippen LogP contribution in [0.1, 0.15) is 88.7 Å². The molecule has 0 aliphatic heterocycles. The van der Waals surface area contributed by atoms with Gasteiger partial charge in [-0.2, -0.15) is 0 Å². The van der Waals surface area contributed by atoms with Gasteiger partial charge in [-0.3, -0.25) is 4.79 Å². The summed E-state index contributed by atoms with van der Waals surface area (Å²) in [7, 11) is 0. The van der Waals surface area contributed by atoms with E-state index in [0.717, 1.165) is 30.8 Å². The second kappa shape index (κ2) is 12.1. The Morgan fingerprint density at radius 3 is 2.48 bits per heavy atom. The molecule has 0 saturated heterocycles. The summed E-state index contributed by atoms with van der Waals surface area (Å²) >= 11 is 0. The molecule has 0 heterocycles. The number of hydrogen-bond donors (Lipinski definition) is 0. The van der Waals surface area contributed by atoms with Gasteiger partial charge in [0.1, 0.15) is 12.4 Å². The third kappa shape index (κ3) is 7.22. The fourth-order valence-electron chi connectivity index (χ4n) is 4.08. The number of hydrogen-bond acceptors (Lipinski definition) is 2. The molecule has 0 N–H and O–H groups in total. The van der Waals surface area contributed by atoms with Crippen LogP contribution in [-0.2, 0) is 17.6 Å².